The molecule has 0 N–H and O–H groups in total. The molecule has 0 radical (unpaired) electrons. The molecule has 0 fully saturated rings. The molecule has 6 heteroatoms. The first-order valence-corrected chi connectivity index (χ1v) is 4.89. The predicted molar refractivity (Wildman–Crippen MR) is 59.2 cm³/mol. The van der Waals surface area contributed by atoms with E-state index in [9.17, 15) is 0 Å². The first-order chi connectivity index (χ1) is 7.27. The summed E-state index contributed by atoms with van der Waals surface area (Å²) < 4.78 is 1.52. The van der Waals surface area contributed by atoms with Crippen molar-refractivity contribution in [2.24, 2.45) is 0 Å². The third-order valence-electron chi connectivity index (χ3n) is 1.74. The molecule has 1 aromatic carbocycles. The van der Waals surface area contributed by atoms with Crippen molar-refractivity contribution in [2.45, 2.75) is 0 Å². The van der Waals surface area contributed by atoms with Gasteiger partial charge in [0.2, 0.25) is 0 Å². The van der Waals surface area contributed by atoms with E-state index in [0.29, 0.717) is 5.82 Å². The number of hydrogen-bond acceptors (Lipinski definition) is 3. The van der Waals surface area contributed by atoms with Gasteiger partial charge in [-0.05, 0) is 10.4 Å². The molecule has 2 rings (SSSR count). The lowest BCUT2D eigenvalue weighted by Crippen LogP contribution is -1.93. The second-order valence-electron chi connectivity index (χ2n) is 2.73. The van der Waals surface area contributed by atoms with Crippen LogP contribution in [0.15, 0.2) is 34.8 Å². The Kier molecular flexibility index (Phi) is 2.99. The summed E-state index contributed by atoms with van der Waals surface area (Å²) in [6.07, 6.45) is 1.44. The molecule has 0 amide bonds. The fourth-order valence-corrected chi connectivity index (χ4v) is 1.34. The van der Waals surface area contributed by atoms with Crippen LogP contribution in [0, 0.1) is 0 Å². The van der Waals surface area contributed by atoms with Gasteiger partial charge in [-0.15, -0.1) is 5.10 Å². The standard InChI is InChI=1S/C9H6Cl2N4/c10-8(11)6-15-9(12-13-14-15)7-4-2-1-3-5-7/h1-6H. The number of nitrogens with zero attached hydrogens (tertiary/aromatic N) is 4. The highest BCUT2D eigenvalue weighted by Crippen LogP contribution is 2.17. The van der Waals surface area contributed by atoms with E-state index in [0.717, 1.165) is 5.56 Å². The average Bonchev–Trinajstić information content (AvgIpc) is 2.66. The van der Waals surface area contributed by atoms with Gasteiger partial charge in [-0.25, -0.2) is 0 Å². The van der Waals surface area contributed by atoms with Crippen LogP contribution in [0.3, 0.4) is 0 Å². The van der Waals surface area contributed by atoms with Crippen molar-refractivity contribution < 1.29 is 0 Å². The fraction of sp³-hybridized carbons (Fsp3) is 0. The van der Waals surface area contributed by atoms with Crippen molar-refractivity contribution in [3.63, 3.8) is 0 Å². The molecule has 0 atom stereocenters. The van der Waals surface area contributed by atoms with Gasteiger partial charge in [-0.2, -0.15) is 4.68 Å². The van der Waals surface area contributed by atoms with E-state index in [1.807, 2.05) is 30.3 Å². The van der Waals surface area contributed by atoms with E-state index < -0.39 is 0 Å². The molecule has 0 saturated carbocycles. The third kappa shape index (κ3) is 2.34. The van der Waals surface area contributed by atoms with Crippen molar-refractivity contribution in [3.05, 3.63) is 34.8 Å². The van der Waals surface area contributed by atoms with Crippen LogP contribution >= 0.6 is 23.2 Å². The number of aromatic nitrogens is 4. The largest absolute Gasteiger partial charge is 0.198 e. The zero-order valence-electron chi connectivity index (χ0n) is 7.51. The molecule has 1 aromatic heterocycles. The second kappa shape index (κ2) is 4.42. The van der Waals surface area contributed by atoms with Crippen molar-refractivity contribution >= 4 is 29.4 Å². The summed E-state index contributed by atoms with van der Waals surface area (Å²) >= 11 is 11.1. The minimum Gasteiger partial charge on any atom is -0.198 e. The van der Waals surface area contributed by atoms with Crippen LogP contribution in [0.25, 0.3) is 17.6 Å². The topological polar surface area (TPSA) is 43.6 Å². The Morgan fingerprint density at radius 3 is 2.60 bits per heavy atom. The lowest BCUT2D eigenvalue weighted by atomic mass is 10.2. The lowest BCUT2D eigenvalue weighted by Gasteiger charge is -1.98. The minimum absolute atomic E-state index is 0.0967. The van der Waals surface area contributed by atoms with Gasteiger partial charge in [0.05, 0.1) is 6.20 Å². The Morgan fingerprint density at radius 1 is 1.20 bits per heavy atom. The summed E-state index contributed by atoms with van der Waals surface area (Å²) in [5.74, 6) is 0.592. The molecule has 1 heterocycles. The normalized spacial score (nSPS) is 10.0. The van der Waals surface area contributed by atoms with Crippen molar-refractivity contribution in [3.8, 4) is 11.4 Å². The third-order valence-corrected chi connectivity index (χ3v) is 1.94. The summed E-state index contributed by atoms with van der Waals surface area (Å²) in [6, 6.07) is 9.53. The first-order valence-electron chi connectivity index (χ1n) is 4.13. The number of benzene rings is 1. The molecule has 0 aliphatic heterocycles. The highest BCUT2D eigenvalue weighted by atomic mass is 35.5. The molecule has 76 valence electrons. The van der Waals surface area contributed by atoms with Gasteiger partial charge >= 0.3 is 0 Å². The lowest BCUT2D eigenvalue weighted by molar-refractivity contribution is 0.819. The quantitative estimate of drug-likeness (QED) is 0.811. The average molecular weight is 241 g/mol. The Morgan fingerprint density at radius 2 is 1.93 bits per heavy atom. The highest BCUT2D eigenvalue weighted by molar-refractivity contribution is 6.57. The summed E-state index contributed by atoms with van der Waals surface area (Å²) in [4.78, 5) is 0. The molecule has 0 unspecified atom stereocenters. The molecule has 0 saturated heterocycles. The van der Waals surface area contributed by atoms with E-state index in [2.05, 4.69) is 15.5 Å². The molecule has 0 bridgehead atoms. The molecular weight excluding hydrogens is 235 g/mol. The van der Waals surface area contributed by atoms with Crippen molar-refractivity contribution in [1.29, 1.82) is 0 Å². The molecule has 0 aliphatic rings. The van der Waals surface area contributed by atoms with Gasteiger partial charge in [-0.1, -0.05) is 53.5 Å². The molecular formula is C9H6Cl2N4. The van der Waals surface area contributed by atoms with Crippen molar-refractivity contribution in [2.75, 3.05) is 0 Å². The number of rotatable bonds is 2. The van der Waals surface area contributed by atoms with E-state index in [1.165, 1.54) is 10.9 Å². The van der Waals surface area contributed by atoms with Crippen LogP contribution in [-0.2, 0) is 0 Å². The highest BCUT2D eigenvalue weighted by Gasteiger charge is 2.06. The number of hydrogen-bond donors (Lipinski definition) is 0. The Labute approximate surface area is 96.1 Å². The van der Waals surface area contributed by atoms with E-state index in [4.69, 9.17) is 23.2 Å². The van der Waals surface area contributed by atoms with Gasteiger partial charge in [0.1, 0.15) is 4.49 Å². The van der Waals surface area contributed by atoms with Crippen LogP contribution < -0.4 is 0 Å². The Balaban J connectivity index is 2.46. The maximum absolute atomic E-state index is 5.54. The van der Waals surface area contributed by atoms with Crippen LogP contribution in [0.1, 0.15) is 0 Å². The molecule has 0 spiro atoms. The van der Waals surface area contributed by atoms with Crippen LogP contribution in [0.5, 0.6) is 0 Å². The summed E-state index contributed by atoms with van der Waals surface area (Å²) in [7, 11) is 0. The molecule has 15 heavy (non-hydrogen) atoms. The fourth-order valence-electron chi connectivity index (χ4n) is 1.15. The SMILES string of the molecule is ClC(Cl)=Cn1nnnc1-c1ccccc1. The van der Waals surface area contributed by atoms with E-state index >= 15 is 0 Å². The zero-order chi connectivity index (χ0) is 10.7. The number of halogens is 2. The van der Waals surface area contributed by atoms with Crippen LogP contribution in [0.2, 0.25) is 0 Å². The Bertz CT molecular complexity index is 474. The summed E-state index contributed by atoms with van der Waals surface area (Å²) in [6.45, 7) is 0. The summed E-state index contributed by atoms with van der Waals surface area (Å²) in [5, 5.41) is 11.2. The molecule has 0 aliphatic carbocycles. The maximum Gasteiger partial charge on any atom is 0.186 e. The Hall–Kier alpha value is -1.39. The zero-order valence-corrected chi connectivity index (χ0v) is 9.02. The monoisotopic (exact) mass is 240 g/mol. The molecule has 4 nitrogen and oxygen atoms in total. The summed E-state index contributed by atoms with van der Waals surface area (Å²) in [5.41, 5.74) is 0.897. The maximum atomic E-state index is 5.54. The number of tetrazole rings is 1. The van der Waals surface area contributed by atoms with Gasteiger partial charge in [0, 0.05) is 5.56 Å². The minimum atomic E-state index is 0.0967. The van der Waals surface area contributed by atoms with Gasteiger partial charge in [0.25, 0.3) is 0 Å². The van der Waals surface area contributed by atoms with Gasteiger partial charge in [0.15, 0.2) is 5.82 Å². The first kappa shape index (κ1) is 10.1. The smallest absolute Gasteiger partial charge is 0.186 e. The van der Waals surface area contributed by atoms with Crippen LogP contribution in [0.4, 0.5) is 0 Å². The predicted octanol–water partition coefficient (Wildman–Crippen LogP) is 2.57. The van der Waals surface area contributed by atoms with Crippen molar-refractivity contribution in [1.82, 2.24) is 20.2 Å². The second-order valence-corrected chi connectivity index (χ2v) is 3.74. The molecule has 2 aromatic rings. The van der Waals surface area contributed by atoms with E-state index in [1.54, 1.807) is 0 Å². The van der Waals surface area contributed by atoms with Gasteiger partial charge < -0.3 is 0 Å². The van der Waals surface area contributed by atoms with Gasteiger partial charge in [-0.3, -0.25) is 0 Å². The van der Waals surface area contributed by atoms with E-state index in [-0.39, 0.29) is 4.49 Å². The van der Waals surface area contributed by atoms with Crippen LogP contribution in [-0.4, -0.2) is 20.2 Å².